The number of benzene rings is 1. The maximum Gasteiger partial charge on any atom is 0.415 e. The van der Waals surface area contributed by atoms with Gasteiger partial charge in [-0.25, -0.2) is 4.79 Å². The van der Waals surface area contributed by atoms with Gasteiger partial charge in [-0.05, 0) is 38.4 Å². The second kappa shape index (κ2) is 8.02. The van der Waals surface area contributed by atoms with E-state index in [1.165, 1.54) is 6.42 Å². The molecule has 106 valence electrons. The standard InChI is InChI=1S/C14H20N2O2.ClH/c1-15-11-12-7-5-6-10-16(12)14(17)18-13-8-3-2-4-9-13;/h2-4,8-9,12,15H,5-7,10-11H2,1H3;1H. The largest absolute Gasteiger partial charge is 0.415 e. The lowest BCUT2D eigenvalue weighted by atomic mass is 10.0. The highest BCUT2D eigenvalue weighted by molar-refractivity contribution is 5.85. The topological polar surface area (TPSA) is 41.6 Å². The first-order valence-corrected chi connectivity index (χ1v) is 6.49. The maximum atomic E-state index is 12.1. The molecule has 2 rings (SSSR count). The molecule has 1 N–H and O–H groups in total. The molecule has 1 unspecified atom stereocenters. The summed E-state index contributed by atoms with van der Waals surface area (Å²) in [5.41, 5.74) is 0. The number of halogens is 1. The predicted octanol–water partition coefficient (Wildman–Crippen LogP) is 2.68. The van der Waals surface area contributed by atoms with Gasteiger partial charge in [0.1, 0.15) is 5.75 Å². The lowest BCUT2D eigenvalue weighted by Gasteiger charge is -2.34. The van der Waals surface area contributed by atoms with Crippen molar-refractivity contribution in [1.29, 1.82) is 0 Å². The average Bonchev–Trinajstić information content (AvgIpc) is 2.41. The Morgan fingerprint density at radius 2 is 2.11 bits per heavy atom. The number of hydrogen-bond acceptors (Lipinski definition) is 3. The van der Waals surface area contributed by atoms with Gasteiger partial charge in [0.2, 0.25) is 0 Å². The van der Waals surface area contributed by atoms with Crippen LogP contribution in [0.3, 0.4) is 0 Å². The zero-order chi connectivity index (χ0) is 12.8. The zero-order valence-corrected chi connectivity index (χ0v) is 12.0. The van der Waals surface area contributed by atoms with E-state index in [-0.39, 0.29) is 24.5 Å². The van der Waals surface area contributed by atoms with Gasteiger partial charge < -0.3 is 15.0 Å². The van der Waals surface area contributed by atoms with Crippen LogP contribution >= 0.6 is 12.4 Å². The van der Waals surface area contributed by atoms with Gasteiger partial charge in [0.25, 0.3) is 0 Å². The van der Waals surface area contributed by atoms with Gasteiger partial charge in [-0.15, -0.1) is 12.4 Å². The van der Waals surface area contributed by atoms with Crippen molar-refractivity contribution in [3.63, 3.8) is 0 Å². The van der Waals surface area contributed by atoms with Crippen LogP contribution in [0.1, 0.15) is 19.3 Å². The molecule has 1 fully saturated rings. The summed E-state index contributed by atoms with van der Waals surface area (Å²) in [7, 11) is 1.91. The molecule has 1 aliphatic rings. The highest BCUT2D eigenvalue weighted by atomic mass is 35.5. The number of rotatable bonds is 3. The SMILES string of the molecule is CNCC1CCCCN1C(=O)Oc1ccccc1.Cl. The van der Waals surface area contributed by atoms with Crippen molar-refractivity contribution in [2.45, 2.75) is 25.3 Å². The first kappa shape index (κ1) is 15.8. The van der Waals surface area contributed by atoms with Crippen LogP contribution in [0.15, 0.2) is 30.3 Å². The number of nitrogens with one attached hydrogen (secondary N) is 1. The summed E-state index contributed by atoms with van der Waals surface area (Å²) in [4.78, 5) is 14.0. The van der Waals surface area contributed by atoms with E-state index in [0.29, 0.717) is 5.75 Å². The van der Waals surface area contributed by atoms with Crippen molar-refractivity contribution in [1.82, 2.24) is 10.2 Å². The van der Waals surface area contributed by atoms with Gasteiger partial charge in [-0.2, -0.15) is 0 Å². The third-order valence-corrected chi connectivity index (χ3v) is 3.25. The fraction of sp³-hybridized carbons (Fsp3) is 0.500. The van der Waals surface area contributed by atoms with Gasteiger partial charge in [-0.1, -0.05) is 18.2 Å². The smallest absolute Gasteiger partial charge is 0.410 e. The summed E-state index contributed by atoms with van der Waals surface area (Å²) in [6.45, 7) is 1.61. The van der Waals surface area contributed by atoms with Crippen LogP contribution in [0.25, 0.3) is 0 Å². The van der Waals surface area contributed by atoms with Crippen molar-refractivity contribution < 1.29 is 9.53 Å². The summed E-state index contributed by atoms with van der Waals surface area (Å²) >= 11 is 0. The first-order chi connectivity index (χ1) is 8.81. The molecule has 0 aromatic heterocycles. The molecule has 4 nitrogen and oxygen atoms in total. The second-order valence-electron chi connectivity index (χ2n) is 4.58. The van der Waals surface area contributed by atoms with Crippen molar-refractivity contribution in [3.8, 4) is 5.75 Å². The quantitative estimate of drug-likeness (QED) is 0.928. The van der Waals surface area contributed by atoms with Crippen molar-refractivity contribution in [2.24, 2.45) is 0 Å². The van der Waals surface area contributed by atoms with Gasteiger partial charge >= 0.3 is 6.09 Å². The molecular weight excluding hydrogens is 264 g/mol. The minimum atomic E-state index is -0.235. The normalized spacial score (nSPS) is 18.6. The summed E-state index contributed by atoms with van der Waals surface area (Å²) in [6, 6.07) is 9.49. The molecule has 19 heavy (non-hydrogen) atoms. The third-order valence-electron chi connectivity index (χ3n) is 3.25. The lowest BCUT2D eigenvalue weighted by Crippen LogP contribution is -2.49. The number of ether oxygens (including phenoxy) is 1. The Morgan fingerprint density at radius 3 is 2.79 bits per heavy atom. The molecule has 1 saturated heterocycles. The molecule has 1 aliphatic heterocycles. The number of hydrogen-bond donors (Lipinski definition) is 1. The monoisotopic (exact) mass is 284 g/mol. The van der Waals surface area contributed by atoms with Crippen LogP contribution in [-0.4, -0.2) is 37.2 Å². The van der Waals surface area contributed by atoms with Crippen LogP contribution in [0.2, 0.25) is 0 Å². The van der Waals surface area contributed by atoms with Crippen LogP contribution in [0, 0.1) is 0 Å². The molecule has 5 heteroatoms. The molecule has 1 atom stereocenters. The summed E-state index contributed by atoms with van der Waals surface area (Å²) in [6.07, 6.45) is 3.05. The molecule has 0 bridgehead atoms. The summed E-state index contributed by atoms with van der Waals surface area (Å²) in [5.74, 6) is 0.608. The van der Waals surface area contributed by atoms with E-state index in [9.17, 15) is 4.79 Å². The fourth-order valence-electron chi connectivity index (χ4n) is 2.34. The summed E-state index contributed by atoms with van der Waals surface area (Å²) in [5, 5.41) is 3.14. The zero-order valence-electron chi connectivity index (χ0n) is 11.2. The fourth-order valence-corrected chi connectivity index (χ4v) is 2.34. The number of nitrogens with zero attached hydrogens (tertiary/aromatic N) is 1. The van der Waals surface area contributed by atoms with Crippen LogP contribution in [0.5, 0.6) is 5.75 Å². The number of para-hydroxylation sites is 1. The maximum absolute atomic E-state index is 12.1. The lowest BCUT2D eigenvalue weighted by molar-refractivity contribution is 0.113. The van der Waals surface area contributed by atoms with Crippen molar-refractivity contribution in [3.05, 3.63) is 30.3 Å². The summed E-state index contributed by atoms with van der Waals surface area (Å²) < 4.78 is 5.39. The van der Waals surface area contributed by atoms with Crippen LogP contribution in [0.4, 0.5) is 4.79 Å². The Balaban J connectivity index is 0.00000180. The Morgan fingerprint density at radius 1 is 1.37 bits per heavy atom. The highest BCUT2D eigenvalue weighted by Gasteiger charge is 2.27. The predicted molar refractivity (Wildman–Crippen MR) is 78.0 cm³/mol. The van der Waals surface area contributed by atoms with Gasteiger partial charge in [-0.3, -0.25) is 0 Å². The van der Waals surface area contributed by atoms with E-state index in [4.69, 9.17) is 4.74 Å². The Labute approximate surface area is 120 Å². The van der Waals surface area contributed by atoms with E-state index >= 15 is 0 Å². The molecule has 0 spiro atoms. The van der Waals surface area contributed by atoms with Gasteiger partial charge in [0, 0.05) is 19.1 Å². The highest BCUT2D eigenvalue weighted by Crippen LogP contribution is 2.19. The average molecular weight is 285 g/mol. The number of carbonyl (C=O) groups excluding carboxylic acids is 1. The van der Waals surface area contributed by atoms with Gasteiger partial charge in [0.05, 0.1) is 0 Å². The number of amides is 1. The molecule has 0 radical (unpaired) electrons. The molecule has 1 heterocycles. The number of likely N-dealkylation sites (tertiary alicyclic amines) is 1. The second-order valence-corrected chi connectivity index (χ2v) is 4.58. The Hall–Kier alpha value is -1.26. The number of likely N-dealkylation sites (N-methyl/N-ethyl adjacent to an activating group) is 1. The first-order valence-electron chi connectivity index (χ1n) is 6.49. The van der Waals surface area contributed by atoms with E-state index in [1.807, 2.05) is 30.1 Å². The number of piperidine rings is 1. The number of carbonyl (C=O) groups is 1. The van der Waals surface area contributed by atoms with E-state index in [0.717, 1.165) is 25.9 Å². The Bertz CT molecular complexity index is 384. The molecule has 1 aromatic rings. The van der Waals surface area contributed by atoms with E-state index in [1.54, 1.807) is 12.1 Å². The Kier molecular flexibility index (Phi) is 6.67. The van der Waals surface area contributed by atoms with Crippen LogP contribution in [-0.2, 0) is 0 Å². The van der Waals surface area contributed by atoms with Crippen LogP contribution < -0.4 is 10.1 Å². The molecular formula is C14H21ClN2O2. The van der Waals surface area contributed by atoms with Crippen molar-refractivity contribution in [2.75, 3.05) is 20.1 Å². The van der Waals surface area contributed by atoms with Crippen molar-refractivity contribution >= 4 is 18.5 Å². The molecule has 1 aromatic carbocycles. The minimum Gasteiger partial charge on any atom is -0.410 e. The molecule has 0 saturated carbocycles. The van der Waals surface area contributed by atoms with E-state index in [2.05, 4.69) is 5.32 Å². The van der Waals surface area contributed by atoms with Gasteiger partial charge in [0.15, 0.2) is 0 Å². The molecule has 1 amide bonds. The molecule has 0 aliphatic carbocycles. The minimum absolute atomic E-state index is 0. The third kappa shape index (κ3) is 4.40. The van der Waals surface area contributed by atoms with E-state index < -0.39 is 0 Å².